The first-order valence-corrected chi connectivity index (χ1v) is 9.03. The van der Waals surface area contributed by atoms with Gasteiger partial charge in [0.2, 0.25) is 0 Å². The van der Waals surface area contributed by atoms with Crippen LogP contribution in [0, 0.1) is 0 Å². The van der Waals surface area contributed by atoms with Crippen LogP contribution in [-0.2, 0) is 6.54 Å². The average molecular weight is 336 g/mol. The zero-order valence-electron chi connectivity index (χ0n) is 14.3. The molecule has 2 aliphatic rings. The molecule has 0 spiro atoms. The maximum absolute atomic E-state index is 12.3. The van der Waals surface area contributed by atoms with Gasteiger partial charge in [0.15, 0.2) is 0 Å². The zero-order chi connectivity index (χ0) is 17.2. The molecular weight excluding hydrogens is 312 g/mol. The van der Waals surface area contributed by atoms with E-state index in [2.05, 4.69) is 15.2 Å². The van der Waals surface area contributed by atoms with Crippen LogP contribution in [0.1, 0.15) is 41.6 Å². The standard InChI is InChI=1S/C20H24N4O/c21-16-10-17-7-8-18(11-16)24(17)19-9-6-15(13-22-19)20(25)23-12-14-4-2-1-3-5-14/h1-6,9,13,16-18H,7-8,10-12,21H2,(H,23,25). The largest absolute Gasteiger partial charge is 0.351 e. The van der Waals surface area contributed by atoms with Crippen molar-refractivity contribution >= 4 is 11.7 Å². The third-order valence-electron chi connectivity index (χ3n) is 5.34. The lowest BCUT2D eigenvalue weighted by atomic mass is 9.98. The number of fused-ring (bicyclic) bond motifs is 2. The summed E-state index contributed by atoms with van der Waals surface area (Å²) in [5.41, 5.74) is 7.82. The minimum Gasteiger partial charge on any atom is -0.351 e. The number of pyridine rings is 1. The maximum atomic E-state index is 12.3. The number of amides is 1. The van der Waals surface area contributed by atoms with Crippen molar-refractivity contribution in [2.45, 2.75) is 50.4 Å². The number of anilines is 1. The summed E-state index contributed by atoms with van der Waals surface area (Å²) in [4.78, 5) is 19.3. The van der Waals surface area contributed by atoms with Gasteiger partial charge in [-0.2, -0.15) is 0 Å². The lowest BCUT2D eigenvalue weighted by Gasteiger charge is -2.38. The van der Waals surface area contributed by atoms with Crippen LogP contribution in [0.25, 0.3) is 0 Å². The molecule has 25 heavy (non-hydrogen) atoms. The highest BCUT2D eigenvalue weighted by Gasteiger charge is 2.40. The van der Waals surface area contributed by atoms with E-state index in [4.69, 9.17) is 5.73 Å². The van der Waals surface area contributed by atoms with E-state index in [1.54, 1.807) is 6.20 Å². The normalized spacial score (nSPS) is 25.0. The number of nitrogens with one attached hydrogen (secondary N) is 1. The van der Waals surface area contributed by atoms with E-state index in [-0.39, 0.29) is 5.91 Å². The van der Waals surface area contributed by atoms with Crippen LogP contribution in [0.3, 0.4) is 0 Å². The van der Waals surface area contributed by atoms with Crippen molar-refractivity contribution in [2.75, 3.05) is 4.90 Å². The Kier molecular flexibility index (Phi) is 4.40. The average Bonchev–Trinajstić information content (AvgIpc) is 2.92. The minimum absolute atomic E-state index is 0.0912. The van der Waals surface area contributed by atoms with Crippen molar-refractivity contribution < 1.29 is 4.79 Å². The summed E-state index contributed by atoms with van der Waals surface area (Å²) in [7, 11) is 0. The van der Waals surface area contributed by atoms with E-state index in [0.29, 0.717) is 30.2 Å². The Labute approximate surface area is 148 Å². The Morgan fingerprint density at radius 3 is 2.48 bits per heavy atom. The van der Waals surface area contributed by atoms with Gasteiger partial charge in [-0.3, -0.25) is 4.79 Å². The second-order valence-electron chi connectivity index (χ2n) is 7.10. The molecule has 4 rings (SSSR count). The third-order valence-corrected chi connectivity index (χ3v) is 5.34. The van der Waals surface area contributed by atoms with Gasteiger partial charge in [0.1, 0.15) is 5.82 Å². The Hall–Kier alpha value is -2.40. The number of piperidine rings is 1. The summed E-state index contributed by atoms with van der Waals surface area (Å²) in [5.74, 6) is 0.880. The first kappa shape index (κ1) is 16.1. The number of rotatable bonds is 4. The van der Waals surface area contributed by atoms with Crippen molar-refractivity contribution in [1.82, 2.24) is 10.3 Å². The summed E-state index contributed by atoms with van der Waals surface area (Å²) >= 11 is 0. The highest BCUT2D eigenvalue weighted by Crippen LogP contribution is 2.37. The predicted octanol–water partition coefficient (Wildman–Crippen LogP) is 2.47. The molecule has 1 aromatic carbocycles. The molecule has 5 heteroatoms. The van der Waals surface area contributed by atoms with Crippen LogP contribution in [0.15, 0.2) is 48.7 Å². The summed E-state index contributed by atoms with van der Waals surface area (Å²) in [5, 5.41) is 2.94. The van der Waals surface area contributed by atoms with Gasteiger partial charge < -0.3 is 16.0 Å². The van der Waals surface area contributed by atoms with Crippen molar-refractivity contribution in [3.8, 4) is 0 Å². The Morgan fingerprint density at radius 2 is 1.84 bits per heavy atom. The molecule has 2 bridgehead atoms. The molecule has 0 radical (unpaired) electrons. The monoisotopic (exact) mass is 336 g/mol. The molecule has 0 aliphatic carbocycles. The van der Waals surface area contributed by atoms with Crippen LogP contribution < -0.4 is 16.0 Å². The Balaban J connectivity index is 1.41. The maximum Gasteiger partial charge on any atom is 0.253 e. The number of carbonyl (C=O) groups excluding carboxylic acids is 1. The molecule has 2 unspecified atom stereocenters. The molecule has 3 heterocycles. The summed E-state index contributed by atoms with van der Waals surface area (Å²) < 4.78 is 0. The SMILES string of the molecule is NC1CC2CCC(C1)N2c1ccc(C(=O)NCc2ccccc2)cn1. The van der Waals surface area contributed by atoms with Crippen LogP contribution >= 0.6 is 0 Å². The van der Waals surface area contributed by atoms with Gasteiger partial charge in [0.05, 0.1) is 5.56 Å². The number of nitrogens with zero attached hydrogens (tertiary/aromatic N) is 2. The van der Waals surface area contributed by atoms with E-state index in [1.165, 1.54) is 12.8 Å². The van der Waals surface area contributed by atoms with Gasteiger partial charge in [-0.15, -0.1) is 0 Å². The van der Waals surface area contributed by atoms with Crippen molar-refractivity contribution in [3.05, 3.63) is 59.8 Å². The van der Waals surface area contributed by atoms with E-state index >= 15 is 0 Å². The molecule has 0 saturated carbocycles. The fraction of sp³-hybridized carbons (Fsp3) is 0.400. The fourth-order valence-corrected chi connectivity index (χ4v) is 4.15. The van der Waals surface area contributed by atoms with Gasteiger partial charge in [-0.25, -0.2) is 4.98 Å². The number of hydrogen-bond acceptors (Lipinski definition) is 4. The zero-order valence-corrected chi connectivity index (χ0v) is 14.3. The molecular formula is C20H24N4O. The molecule has 130 valence electrons. The quantitative estimate of drug-likeness (QED) is 0.900. The van der Waals surface area contributed by atoms with E-state index in [9.17, 15) is 4.79 Å². The molecule has 2 aromatic rings. The first-order chi connectivity index (χ1) is 12.2. The van der Waals surface area contributed by atoms with Crippen molar-refractivity contribution in [3.63, 3.8) is 0 Å². The molecule has 2 aliphatic heterocycles. The minimum atomic E-state index is -0.0912. The van der Waals surface area contributed by atoms with Gasteiger partial charge >= 0.3 is 0 Å². The number of hydrogen-bond donors (Lipinski definition) is 2. The first-order valence-electron chi connectivity index (χ1n) is 9.03. The summed E-state index contributed by atoms with van der Waals surface area (Å²) in [6.45, 7) is 0.523. The molecule has 1 amide bonds. The predicted molar refractivity (Wildman–Crippen MR) is 98.3 cm³/mol. The van der Waals surface area contributed by atoms with Crippen LogP contribution in [-0.4, -0.2) is 29.0 Å². The molecule has 2 atom stereocenters. The van der Waals surface area contributed by atoms with Gasteiger partial charge in [-0.1, -0.05) is 30.3 Å². The second-order valence-corrected chi connectivity index (χ2v) is 7.10. The van der Waals surface area contributed by atoms with Crippen LogP contribution in [0.2, 0.25) is 0 Å². The lowest BCUT2D eigenvalue weighted by Crippen LogP contribution is -2.47. The highest BCUT2D eigenvalue weighted by atomic mass is 16.1. The summed E-state index contributed by atoms with van der Waals surface area (Å²) in [6, 6.07) is 15.1. The topological polar surface area (TPSA) is 71.2 Å². The lowest BCUT2D eigenvalue weighted by molar-refractivity contribution is 0.0950. The Bertz CT molecular complexity index is 717. The number of aromatic nitrogens is 1. The second kappa shape index (κ2) is 6.84. The number of nitrogens with two attached hydrogens (primary N) is 1. The van der Waals surface area contributed by atoms with Gasteiger partial charge in [0, 0.05) is 30.9 Å². The molecule has 3 N–H and O–H groups in total. The molecule has 5 nitrogen and oxygen atoms in total. The Morgan fingerprint density at radius 1 is 1.12 bits per heavy atom. The smallest absolute Gasteiger partial charge is 0.253 e. The van der Waals surface area contributed by atoms with Crippen molar-refractivity contribution in [1.29, 1.82) is 0 Å². The van der Waals surface area contributed by atoms with E-state index in [1.807, 2.05) is 42.5 Å². The van der Waals surface area contributed by atoms with Crippen LogP contribution in [0.4, 0.5) is 5.82 Å². The van der Waals surface area contributed by atoms with Gasteiger partial charge in [0.25, 0.3) is 5.91 Å². The number of benzene rings is 1. The molecule has 2 fully saturated rings. The van der Waals surface area contributed by atoms with E-state index < -0.39 is 0 Å². The third kappa shape index (κ3) is 3.37. The van der Waals surface area contributed by atoms with Crippen LogP contribution in [0.5, 0.6) is 0 Å². The van der Waals surface area contributed by atoms with Gasteiger partial charge in [-0.05, 0) is 43.4 Å². The highest BCUT2D eigenvalue weighted by molar-refractivity contribution is 5.94. The fourth-order valence-electron chi connectivity index (χ4n) is 4.15. The number of carbonyl (C=O) groups is 1. The molecule has 2 saturated heterocycles. The molecule has 1 aromatic heterocycles. The van der Waals surface area contributed by atoms with E-state index in [0.717, 1.165) is 24.2 Å². The van der Waals surface area contributed by atoms with Crippen molar-refractivity contribution in [2.24, 2.45) is 5.73 Å². The summed E-state index contributed by atoms with van der Waals surface area (Å²) in [6.07, 6.45) is 6.15.